The molecule has 0 radical (unpaired) electrons. The Hall–Kier alpha value is -0.940. The Morgan fingerprint density at radius 2 is 2.50 bits per heavy atom. The lowest BCUT2D eigenvalue weighted by Gasteiger charge is -2.26. The van der Waals surface area contributed by atoms with Gasteiger partial charge in [0.25, 0.3) is 0 Å². The molecule has 5 heteroatoms. The summed E-state index contributed by atoms with van der Waals surface area (Å²) in [6, 6.07) is 0. The number of hydrogen-bond acceptors (Lipinski definition) is 4. The first-order valence-corrected chi connectivity index (χ1v) is 5.42. The molecule has 4 nitrogen and oxygen atoms in total. The van der Waals surface area contributed by atoms with Crippen molar-refractivity contribution in [3.63, 3.8) is 0 Å². The lowest BCUT2D eigenvalue weighted by Crippen LogP contribution is -2.29. The van der Waals surface area contributed by atoms with Crippen LogP contribution in [-0.2, 0) is 9.53 Å². The van der Waals surface area contributed by atoms with Crippen molar-refractivity contribution in [2.45, 2.75) is 31.5 Å². The summed E-state index contributed by atoms with van der Waals surface area (Å²) in [4.78, 5) is 15.7. The predicted octanol–water partition coefficient (Wildman–Crippen LogP) is 1.84. The molecule has 0 amide bonds. The van der Waals surface area contributed by atoms with Crippen LogP contribution in [0.25, 0.3) is 0 Å². The van der Waals surface area contributed by atoms with Crippen molar-refractivity contribution in [1.29, 1.82) is 0 Å². The molecule has 1 aliphatic rings. The zero-order chi connectivity index (χ0) is 9.97. The second-order valence-electron chi connectivity index (χ2n) is 3.29. The summed E-state index contributed by atoms with van der Waals surface area (Å²) in [5, 5.41) is 8.82. The highest BCUT2D eigenvalue weighted by Gasteiger charge is 2.28. The second kappa shape index (κ2) is 4.06. The molecule has 2 rings (SSSR count). The molecule has 1 aromatic rings. The Kier molecular flexibility index (Phi) is 2.79. The first-order chi connectivity index (χ1) is 6.77. The van der Waals surface area contributed by atoms with Crippen molar-refractivity contribution < 1.29 is 14.6 Å². The highest BCUT2D eigenvalue weighted by molar-refractivity contribution is 7.09. The van der Waals surface area contributed by atoms with Crippen LogP contribution in [0.4, 0.5) is 0 Å². The minimum Gasteiger partial charge on any atom is -0.479 e. The number of carboxylic acid groups (broad SMARTS) is 1. The summed E-state index contributed by atoms with van der Waals surface area (Å²) >= 11 is 1.51. The predicted molar refractivity (Wildman–Crippen MR) is 51.2 cm³/mol. The topological polar surface area (TPSA) is 59.4 Å². The van der Waals surface area contributed by atoms with E-state index < -0.39 is 12.1 Å². The van der Waals surface area contributed by atoms with E-state index in [1.807, 2.05) is 0 Å². The third-order valence-electron chi connectivity index (χ3n) is 2.31. The maximum Gasteiger partial charge on any atom is 0.332 e. The fourth-order valence-electron chi connectivity index (χ4n) is 1.60. The average molecular weight is 213 g/mol. The maximum absolute atomic E-state index is 10.7. The number of hydrogen-bond donors (Lipinski definition) is 1. The van der Waals surface area contributed by atoms with Crippen molar-refractivity contribution in [3.8, 4) is 0 Å². The molecule has 1 aliphatic heterocycles. The monoisotopic (exact) mass is 213 g/mol. The van der Waals surface area contributed by atoms with Crippen LogP contribution in [0.3, 0.4) is 0 Å². The Bertz CT molecular complexity index is 312. The van der Waals surface area contributed by atoms with Gasteiger partial charge >= 0.3 is 5.97 Å². The van der Waals surface area contributed by atoms with Crippen LogP contribution in [0.1, 0.15) is 30.2 Å². The van der Waals surface area contributed by atoms with E-state index in [9.17, 15) is 4.79 Å². The number of nitrogens with zero attached hydrogens (tertiary/aromatic N) is 1. The molecule has 1 saturated heterocycles. The zero-order valence-electron chi connectivity index (χ0n) is 7.55. The standard InChI is InChI=1S/C9H11NO3S/c11-9(12)7-3-1-2-6(13-7)8-4-10-5-14-8/h4-7H,1-3H2,(H,11,12). The molecule has 2 atom stereocenters. The van der Waals surface area contributed by atoms with Gasteiger partial charge in [-0.25, -0.2) is 4.79 Å². The van der Waals surface area contributed by atoms with Gasteiger partial charge in [0.05, 0.1) is 16.5 Å². The molecular formula is C9H11NO3S. The van der Waals surface area contributed by atoms with Gasteiger partial charge in [-0.2, -0.15) is 0 Å². The van der Waals surface area contributed by atoms with Gasteiger partial charge in [0.1, 0.15) is 0 Å². The van der Waals surface area contributed by atoms with Crippen LogP contribution in [0.5, 0.6) is 0 Å². The van der Waals surface area contributed by atoms with E-state index in [0.29, 0.717) is 6.42 Å². The molecule has 0 spiro atoms. The van der Waals surface area contributed by atoms with Gasteiger partial charge < -0.3 is 9.84 Å². The summed E-state index contributed by atoms with van der Waals surface area (Å²) < 4.78 is 5.46. The fourth-order valence-corrected chi connectivity index (χ4v) is 2.29. The summed E-state index contributed by atoms with van der Waals surface area (Å²) in [6.07, 6.45) is 3.45. The van der Waals surface area contributed by atoms with E-state index in [4.69, 9.17) is 9.84 Å². The molecule has 14 heavy (non-hydrogen) atoms. The second-order valence-corrected chi connectivity index (χ2v) is 4.20. The van der Waals surface area contributed by atoms with Gasteiger partial charge in [0, 0.05) is 6.20 Å². The summed E-state index contributed by atoms with van der Waals surface area (Å²) in [6.45, 7) is 0. The van der Waals surface area contributed by atoms with Crippen molar-refractivity contribution in [2.75, 3.05) is 0 Å². The number of ether oxygens (including phenoxy) is 1. The van der Waals surface area contributed by atoms with Gasteiger partial charge in [-0.05, 0) is 19.3 Å². The fraction of sp³-hybridized carbons (Fsp3) is 0.556. The van der Waals surface area contributed by atoms with Crippen LogP contribution >= 0.6 is 11.3 Å². The Balaban J connectivity index is 2.04. The number of rotatable bonds is 2. The van der Waals surface area contributed by atoms with Crippen LogP contribution in [0, 0.1) is 0 Å². The van der Waals surface area contributed by atoms with Crippen LogP contribution < -0.4 is 0 Å². The van der Waals surface area contributed by atoms with Crippen LogP contribution in [-0.4, -0.2) is 22.2 Å². The van der Waals surface area contributed by atoms with Crippen molar-refractivity contribution in [3.05, 3.63) is 16.6 Å². The maximum atomic E-state index is 10.7. The van der Waals surface area contributed by atoms with Crippen LogP contribution in [0.15, 0.2) is 11.7 Å². The first-order valence-electron chi connectivity index (χ1n) is 4.54. The highest BCUT2D eigenvalue weighted by Crippen LogP contribution is 2.32. The third kappa shape index (κ3) is 1.93. The molecule has 0 aromatic carbocycles. The van der Waals surface area contributed by atoms with E-state index in [0.717, 1.165) is 17.7 Å². The minimum absolute atomic E-state index is 0.0719. The lowest BCUT2D eigenvalue weighted by molar-refractivity contribution is -0.159. The molecule has 2 unspecified atom stereocenters. The zero-order valence-corrected chi connectivity index (χ0v) is 8.37. The molecule has 0 aliphatic carbocycles. The number of carbonyl (C=O) groups is 1. The van der Waals surface area contributed by atoms with Crippen molar-refractivity contribution in [1.82, 2.24) is 4.98 Å². The van der Waals surface area contributed by atoms with E-state index in [2.05, 4.69) is 4.98 Å². The van der Waals surface area contributed by atoms with Gasteiger partial charge in [0.15, 0.2) is 6.10 Å². The van der Waals surface area contributed by atoms with E-state index in [-0.39, 0.29) is 6.10 Å². The molecule has 0 bridgehead atoms. The lowest BCUT2D eigenvalue weighted by atomic mass is 10.0. The largest absolute Gasteiger partial charge is 0.479 e. The molecule has 76 valence electrons. The Labute approximate surface area is 85.5 Å². The SMILES string of the molecule is O=C(O)C1CCCC(c2cncs2)O1. The number of thiazole rings is 1. The number of aromatic nitrogens is 1. The van der Waals surface area contributed by atoms with Crippen molar-refractivity contribution in [2.24, 2.45) is 0 Å². The summed E-state index contributed by atoms with van der Waals surface area (Å²) in [5.41, 5.74) is 1.74. The smallest absolute Gasteiger partial charge is 0.332 e. The number of carboxylic acids is 1. The molecule has 1 aromatic heterocycles. The molecular weight excluding hydrogens is 202 g/mol. The third-order valence-corrected chi connectivity index (χ3v) is 3.17. The number of aliphatic carboxylic acids is 1. The van der Waals surface area contributed by atoms with E-state index in [1.54, 1.807) is 11.7 Å². The Morgan fingerprint density at radius 3 is 3.14 bits per heavy atom. The molecule has 1 fully saturated rings. The first kappa shape index (κ1) is 9.61. The van der Waals surface area contributed by atoms with Gasteiger partial charge in [-0.3, -0.25) is 4.98 Å². The highest BCUT2D eigenvalue weighted by atomic mass is 32.1. The quantitative estimate of drug-likeness (QED) is 0.814. The minimum atomic E-state index is -0.862. The average Bonchev–Trinajstić information content (AvgIpc) is 2.71. The Morgan fingerprint density at radius 1 is 1.64 bits per heavy atom. The van der Waals surface area contributed by atoms with Gasteiger partial charge in [-0.15, -0.1) is 11.3 Å². The summed E-state index contributed by atoms with van der Waals surface area (Å²) in [7, 11) is 0. The van der Waals surface area contributed by atoms with Crippen LogP contribution in [0.2, 0.25) is 0 Å². The summed E-state index contributed by atoms with van der Waals surface area (Å²) in [5.74, 6) is -0.862. The van der Waals surface area contributed by atoms with Gasteiger partial charge in [0.2, 0.25) is 0 Å². The van der Waals surface area contributed by atoms with Crippen molar-refractivity contribution >= 4 is 17.3 Å². The van der Waals surface area contributed by atoms with E-state index >= 15 is 0 Å². The molecule has 2 heterocycles. The van der Waals surface area contributed by atoms with Gasteiger partial charge in [-0.1, -0.05) is 0 Å². The molecule has 0 saturated carbocycles. The molecule has 1 N–H and O–H groups in total. The normalized spacial score (nSPS) is 27.4. The van der Waals surface area contributed by atoms with E-state index in [1.165, 1.54) is 11.3 Å².